The number of methoxy groups -OCH3 is 1. The second-order valence-electron chi connectivity index (χ2n) is 9.64. The van der Waals surface area contributed by atoms with Crippen molar-refractivity contribution in [2.45, 2.75) is 56.9 Å². The number of carbonyl (C=O) groups is 1. The third kappa shape index (κ3) is 4.22. The number of amides is 1. The Morgan fingerprint density at radius 1 is 1.09 bits per heavy atom. The second kappa shape index (κ2) is 9.16. The van der Waals surface area contributed by atoms with Gasteiger partial charge in [0.05, 0.1) is 35.8 Å². The number of rotatable bonds is 8. The van der Waals surface area contributed by atoms with Crippen molar-refractivity contribution in [3.8, 4) is 17.0 Å². The standard InChI is InChI=1S/C27H26Cl2N2O4/c1-33-18-9-5-15(6-10-18)13-31-17-11-19(27(31)32)23(12-17)34-14-20-25(30-35-26(20)16-7-8-16)24-21(28)3-2-4-22(24)29/h2-6,9-10,16-17,19,23H,7-8,11-14H2,1H3/t17-,19+,23+/m0/s1. The summed E-state index contributed by atoms with van der Waals surface area (Å²) in [4.78, 5) is 15.2. The molecule has 182 valence electrons. The van der Waals surface area contributed by atoms with Gasteiger partial charge >= 0.3 is 0 Å². The minimum atomic E-state index is -0.116. The van der Waals surface area contributed by atoms with E-state index in [4.69, 9.17) is 37.2 Å². The summed E-state index contributed by atoms with van der Waals surface area (Å²) in [5, 5.41) is 5.39. The number of nitrogens with zero attached hydrogens (tertiary/aromatic N) is 2. The maximum absolute atomic E-state index is 13.2. The summed E-state index contributed by atoms with van der Waals surface area (Å²) in [6.45, 7) is 0.940. The molecule has 1 amide bonds. The molecule has 35 heavy (non-hydrogen) atoms. The van der Waals surface area contributed by atoms with Gasteiger partial charge in [0.15, 0.2) is 0 Å². The van der Waals surface area contributed by atoms with Gasteiger partial charge in [-0.3, -0.25) is 4.79 Å². The lowest BCUT2D eigenvalue weighted by molar-refractivity contribution is -0.141. The van der Waals surface area contributed by atoms with Crippen molar-refractivity contribution in [3.63, 3.8) is 0 Å². The molecular weight excluding hydrogens is 487 g/mol. The molecule has 3 aromatic rings. The molecule has 2 saturated carbocycles. The first-order valence-corrected chi connectivity index (χ1v) is 12.8. The summed E-state index contributed by atoms with van der Waals surface area (Å²) in [5.41, 5.74) is 3.30. The third-order valence-corrected chi connectivity index (χ3v) is 8.07. The molecule has 1 saturated heterocycles. The van der Waals surface area contributed by atoms with E-state index in [9.17, 15) is 4.79 Å². The van der Waals surface area contributed by atoms with E-state index in [2.05, 4.69) is 5.16 Å². The lowest BCUT2D eigenvalue weighted by atomic mass is 10.0. The predicted molar refractivity (Wildman–Crippen MR) is 133 cm³/mol. The fourth-order valence-electron chi connectivity index (χ4n) is 5.44. The second-order valence-corrected chi connectivity index (χ2v) is 10.5. The Balaban J connectivity index is 1.17. The summed E-state index contributed by atoms with van der Waals surface area (Å²) < 4.78 is 17.4. The molecule has 2 aromatic carbocycles. The van der Waals surface area contributed by atoms with E-state index >= 15 is 0 Å². The number of hydrogen-bond acceptors (Lipinski definition) is 5. The van der Waals surface area contributed by atoms with Crippen molar-refractivity contribution in [3.05, 3.63) is 69.4 Å². The highest BCUT2D eigenvalue weighted by Crippen LogP contribution is 2.47. The molecule has 0 unspecified atom stereocenters. The van der Waals surface area contributed by atoms with Gasteiger partial charge in [0.25, 0.3) is 0 Å². The number of benzene rings is 2. The average Bonchev–Trinajstić information content (AvgIpc) is 3.38. The first-order chi connectivity index (χ1) is 17.0. The molecule has 1 aromatic heterocycles. The molecule has 8 heteroatoms. The van der Waals surface area contributed by atoms with Crippen molar-refractivity contribution in [2.75, 3.05) is 7.11 Å². The first kappa shape index (κ1) is 22.9. The highest BCUT2D eigenvalue weighted by Gasteiger charge is 2.51. The van der Waals surface area contributed by atoms with Crippen LogP contribution in [-0.4, -0.2) is 35.2 Å². The number of halogens is 2. The molecule has 1 aliphatic heterocycles. The van der Waals surface area contributed by atoms with Crippen molar-refractivity contribution in [2.24, 2.45) is 5.92 Å². The van der Waals surface area contributed by atoms with Gasteiger partial charge in [-0.2, -0.15) is 0 Å². The molecule has 0 spiro atoms. The predicted octanol–water partition coefficient (Wildman–Crippen LogP) is 6.24. The van der Waals surface area contributed by atoms with E-state index in [1.807, 2.05) is 35.2 Å². The van der Waals surface area contributed by atoms with Gasteiger partial charge < -0.3 is 18.9 Å². The smallest absolute Gasteiger partial charge is 0.228 e. The van der Waals surface area contributed by atoms with Crippen molar-refractivity contribution >= 4 is 29.1 Å². The van der Waals surface area contributed by atoms with Crippen molar-refractivity contribution < 1.29 is 18.8 Å². The average molecular weight is 513 g/mol. The summed E-state index contributed by atoms with van der Waals surface area (Å²) in [6, 6.07) is 13.5. The largest absolute Gasteiger partial charge is 0.497 e. The Morgan fingerprint density at radius 3 is 2.49 bits per heavy atom. The molecule has 6 rings (SSSR count). The minimum absolute atomic E-state index is 0.115. The van der Waals surface area contributed by atoms with Crippen LogP contribution in [0, 0.1) is 5.92 Å². The van der Waals surface area contributed by atoms with Crippen LogP contribution < -0.4 is 4.74 Å². The number of aromatic nitrogens is 1. The number of fused-ring (bicyclic) bond motifs is 2. The SMILES string of the molecule is COc1ccc(CN2C(=O)[C@@H]3C[C@H]2C[C@H]3OCc2c(-c3c(Cl)cccc3Cl)noc2C2CC2)cc1. The van der Waals surface area contributed by atoms with Gasteiger partial charge in [0.1, 0.15) is 17.2 Å². The normalized spacial score (nSPS) is 23.3. The van der Waals surface area contributed by atoms with Crippen LogP contribution in [0.2, 0.25) is 10.0 Å². The molecule has 6 nitrogen and oxygen atoms in total. The van der Waals surface area contributed by atoms with Gasteiger partial charge in [-0.15, -0.1) is 0 Å². The first-order valence-electron chi connectivity index (χ1n) is 12.0. The van der Waals surface area contributed by atoms with Gasteiger partial charge in [0, 0.05) is 29.6 Å². The van der Waals surface area contributed by atoms with Crippen LogP contribution in [0.15, 0.2) is 47.0 Å². The van der Waals surface area contributed by atoms with Crippen molar-refractivity contribution in [1.82, 2.24) is 10.1 Å². The molecule has 0 radical (unpaired) electrons. The van der Waals surface area contributed by atoms with Crippen LogP contribution >= 0.6 is 23.2 Å². The van der Waals surface area contributed by atoms with Crippen LogP contribution in [0.25, 0.3) is 11.3 Å². The van der Waals surface area contributed by atoms with E-state index in [0.717, 1.165) is 48.3 Å². The fraction of sp³-hybridized carbons (Fsp3) is 0.407. The quantitative estimate of drug-likeness (QED) is 0.357. The number of likely N-dealkylation sites (tertiary alicyclic amines) is 1. The number of hydrogen-bond donors (Lipinski definition) is 0. The Hall–Kier alpha value is -2.54. The molecule has 3 atom stereocenters. The number of carbonyl (C=O) groups excluding carboxylic acids is 1. The topological polar surface area (TPSA) is 64.8 Å². The number of ether oxygens (including phenoxy) is 2. The number of piperidine rings is 1. The molecule has 2 aliphatic carbocycles. The van der Waals surface area contributed by atoms with E-state index in [1.165, 1.54) is 0 Å². The monoisotopic (exact) mass is 512 g/mol. The zero-order valence-electron chi connectivity index (χ0n) is 19.4. The molecule has 3 fully saturated rings. The maximum atomic E-state index is 13.2. The highest BCUT2D eigenvalue weighted by molar-refractivity contribution is 6.39. The summed E-state index contributed by atoms with van der Waals surface area (Å²) in [6.07, 6.45) is 3.70. The molecular formula is C27H26Cl2N2O4. The summed E-state index contributed by atoms with van der Waals surface area (Å²) in [5.74, 6) is 2.08. The van der Waals surface area contributed by atoms with Gasteiger partial charge in [-0.05, 0) is 55.5 Å². The highest BCUT2D eigenvalue weighted by atomic mass is 35.5. The fourth-order valence-corrected chi connectivity index (χ4v) is 6.01. The van der Waals surface area contributed by atoms with Crippen molar-refractivity contribution in [1.29, 1.82) is 0 Å². The zero-order chi connectivity index (χ0) is 24.1. The van der Waals surface area contributed by atoms with Gasteiger partial charge in [-0.25, -0.2) is 0 Å². The van der Waals surface area contributed by atoms with Gasteiger partial charge in [-0.1, -0.05) is 46.6 Å². The molecule has 3 aliphatic rings. The van der Waals surface area contributed by atoms with Crippen LogP contribution in [0.5, 0.6) is 5.75 Å². The lowest BCUT2D eigenvalue weighted by Crippen LogP contribution is -2.42. The van der Waals surface area contributed by atoms with E-state index in [-0.39, 0.29) is 24.0 Å². The molecule has 0 N–H and O–H groups in total. The van der Waals surface area contributed by atoms with E-state index in [1.54, 1.807) is 19.2 Å². The summed E-state index contributed by atoms with van der Waals surface area (Å²) >= 11 is 12.9. The Bertz CT molecular complexity index is 1230. The van der Waals surface area contributed by atoms with Crippen LogP contribution in [0.4, 0.5) is 0 Å². The Morgan fingerprint density at radius 2 is 1.83 bits per heavy atom. The lowest BCUT2D eigenvalue weighted by Gasteiger charge is -2.31. The van der Waals surface area contributed by atoms with Crippen LogP contribution in [-0.2, 0) is 22.7 Å². The maximum Gasteiger partial charge on any atom is 0.228 e. The Labute approximate surface area is 214 Å². The summed E-state index contributed by atoms with van der Waals surface area (Å²) in [7, 11) is 1.65. The zero-order valence-corrected chi connectivity index (χ0v) is 20.9. The molecule has 2 bridgehead atoms. The van der Waals surface area contributed by atoms with Gasteiger partial charge in [0.2, 0.25) is 5.91 Å². The van der Waals surface area contributed by atoms with Crippen LogP contribution in [0.1, 0.15) is 48.5 Å². The molecule has 2 heterocycles. The van der Waals surface area contributed by atoms with Crippen LogP contribution in [0.3, 0.4) is 0 Å². The third-order valence-electron chi connectivity index (χ3n) is 7.44. The van der Waals surface area contributed by atoms with E-state index in [0.29, 0.717) is 40.4 Å². The Kier molecular flexibility index (Phi) is 5.99. The van der Waals surface area contributed by atoms with E-state index < -0.39 is 0 Å². The minimum Gasteiger partial charge on any atom is -0.497 e.